The molecule has 2 nitrogen and oxygen atoms in total. The minimum absolute atomic E-state index is 0.270. The molecular weight excluding hydrogens is 256 g/mol. The van der Waals surface area contributed by atoms with E-state index in [2.05, 4.69) is 49.8 Å². The van der Waals surface area contributed by atoms with Gasteiger partial charge in [0, 0.05) is 36.7 Å². The molecule has 1 atom stereocenters. The predicted octanol–water partition coefficient (Wildman–Crippen LogP) is 3.47. The van der Waals surface area contributed by atoms with Gasteiger partial charge in [-0.3, -0.25) is 9.80 Å². The smallest absolute Gasteiger partial charge is 0.0408 e. The fourth-order valence-corrected chi connectivity index (χ4v) is 3.00. The number of hydrogen-bond donors (Lipinski definition) is 0. The lowest BCUT2D eigenvalue weighted by Crippen LogP contribution is -2.57. The van der Waals surface area contributed by atoms with E-state index in [0.717, 1.165) is 31.2 Å². The topological polar surface area (TPSA) is 6.48 Å². The second-order valence-electron chi connectivity index (χ2n) is 6.43. The Balaban J connectivity index is 1.98. The first-order valence-electron chi connectivity index (χ1n) is 7.07. The first-order valence-corrected chi connectivity index (χ1v) is 7.45. The average molecular weight is 281 g/mol. The minimum Gasteiger partial charge on any atom is -0.300 e. The van der Waals surface area contributed by atoms with Crippen molar-refractivity contribution in [2.75, 3.05) is 33.2 Å². The van der Waals surface area contributed by atoms with Crippen molar-refractivity contribution in [1.29, 1.82) is 0 Å². The van der Waals surface area contributed by atoms with Crippen LogP contribution in [0.4, 0.5) is 0 Å². The molecule has 106 valence electrons. The van der Waals surface area contributed by atoms with Gasteiger partial charge in [-0.1, -0.05) is 30.7 Å². The van der Waals surface area contributed by atoms with Crippen molar-refractivity contribution in [2.45, 2.75) is 32.2 Å². The first kappa shape index (κ1) is 14.8. The van der Waals surface area contributed by atoms with Gasteiger partial charge in [-0.25, -0.2) is 0 Å². The van der Waals surface area contributed by atoms with E-state index in [4.69, 9.17) is 11.6 Å². The molecule has 0 bridgehead atoms. The predicted molar refractivity (Wildman–Crippen MR) is 83.0 cm³/mol. The number of nitrogens with zero attached hydrogens (tertiary/aromatic N) is 2. The van der Waals surface area contributed by atoms with Crippen molar-refractivity contribution >= 4 is 11.6 Å². The van der Waals surface area contributed by atoms with Crippen molar-refractivity contribution in [2.24, 2.45) is 0 Å². The monoisotopic (exact) mass is 280 g/mol. The van der Waals surface area contributed by atoms with Gasteiger partial charge < -0.3 is 0 Å². The molecule has 1 saturated heterocycles. The first-order chi connectivity index (χ1) is 8.88. The number of piperazine rings is 1. The van der Waals surface area contributed by atoms with Crippen LogP contribution < -0.4 is 0 Å². The van der Waals surface area contributed by atoms with E-state index in [1.807, 2.05) is 12.1 Å². The van der Waals surface area contributed by atoms with E-state index >= 15 is 0 Å². The summed E-state index contributed by atoms with van der Waals surface area (Å²) in [5, 5.41) is 0.836. The molecule has 0 radical (unpaired) electrons. The largest absolute Gasteiger partial charge is 0.300 e. The molecule has 2 rings (SSSR count). The summed E-state index contributed by atoms with van der Waals surface area (Å²) in [6.45, 7) is 11.5. The number of likely N-dealkylation sites (N-methyl/N-ethyl adjacent to an activating group) is 1. The summed E-state index contributed by atoms with van der Waals surface area (Å²) in [5.41, 5.74) is 1.61. The van der Waals surface area contributed by atoms with Gasteiger partial charge in [0.1, 0.15) is 0 Å². The Morgan fingerprint density at radius 2 is 2.05 bits per heavy atom. The zero-order chi connectivity index (χ0) is 14.0. The third kappa shape index (κ3) is 3.71. The van der Waals surface area contributed by atoms with Gasteiger partial charge in [-0.15, -0.1) is 0 Å². The molecule has 1 aliphatic heterocycles. The zero-order valence-electron chi connectivity index (χ0n) is 12.5. The summed E-state index contributed by atoms with van der Waals surface area (Å²) < 4.78 is 0. The van der Waals surface area contributed by atoms with E-state index < -0.39 is 0 Å². The number of rotatable bonds is 3. The Labute approximate surface area is 122 Å². The van der Waals surface area contributed by atoms with Crippen LogP contribution >= 0.6 is 11.6 Å². The Morgan fingerprint density at radius 1 is 1.32 bits per heavy atom. The molecule has 3 heteroatoms. The van der Waals surface area contributed by atoms with E-state index in [9.17, 15) is 0 Å². The van der Waals surface area contributed by atoms with Crippen LogP contribution in [-0.4, -0.2) is 48.6 Å². The Morgan fingerprint density at radius 3 is 2.68 bits per heavy atom. The van der Waals surface area contributed by atoms with Gasteiger partial charge in [0.25, 0.3) is 0 Å². The molecule has 0 aromatic heterocycles. The minimum atomic E-state index is 0.270. The molecule has 1 unspecified atom stereocenters. The molecule has 1 fully saturated rings. The highest BCUT2D eigenvalue weighted by Gasteiger charge is 2.31. The summed E-state index contributed by atoms with van der Waals surface area (Å²) in [5.74, 6) is 0.526. The SMILES string of the molecule is CC(CN1CCN(C)C(C)(C)C1)c1cccc(Cl)c1. The van der Waals surface area contributed by atoms with Crippen molar-refractivity contribution in [3.05, 3.63) is 34.9 Å². The van der Waals surface area contributed by atoms with Gasteiger partial charge in [-0.2, -0.15) is 0 Å². The van der Waals surface area contributed by atoms with Gasteiger partial charge in [0.15, 0.2) is 0 Å². The highest BCUT2D eigenvalue weighted by molar-refractivity contribution is 6.30. The second-order valence-corrected chi connectivity index (χ2v) is 6.86. The molecule has 0 saturated carbocycles. The molecule has 0 spiro atoms. The molecule has 1 aliphatic rings. The standard InChI is InChI=1S/C16H25ClN2/c1-13(14-6-5-7-15(17)10-14)11-19-9-8-18(4)16(2,3)12-19/h5-7,10,13H,8-9,11-12H2,1-4H3. The van der Waals surface area contributed by atoms with Gasteiger partial charge in [-0.05, 0) is 44.5 Å². The molecular formula is C16H25ClN2. The van der Waals surface area contributed by atoms with Crippen LogP contribution in [-0.2, 0) is 0 Å². The average Bonchev–Trinajstić information content (AvgIpc) is 2.33. The van der Waals surface area contributed by atoms with Gasteiger partial charge in [0.05, 0.1) is 0 Å². The maximum atomic E-state index is 6.08. The van der Waals surface area contributed by atoms with Crippen molar-refractivity contribution in [1.82, 2.24) is 9.80 Å². The van der Waals surface area contributed by atoms with Crippen molar-refractivity contribution in [3.8, 4) is 0 Å². The summed E-state index contributed by atoms with van der Waals surface area (Å²) in [6.07, 6.45) is 0. The molecule has 19 heavy (non-hydrogen) atoms. The number of halogens is 1. The van der Waals surface area contributed by atoms with E-state index in [1.54, 1.807) is 0 Å². The third-order valence-corrected chi connectivity index (χ3v) is 4.58. The fourth-order valence-electron chi connectivity index (χ4n) is 2.80. The van der Waals surface area contributed by atoms with E-state index in [0.29, 0.717) is 5.92 Å². The second kappa shape index (κ2) is 5.82. The van der Waals surface area contributed by atoms with Crippen LogP contribution in [0.1, 0.15) is 32.3 Å². The molecule has 0 aliphatic carbocycles. The lowest BCUT2D eigenvalue weighted by atomic mass is 9.96. The molecule has 1 heterocycles. The van der Waals surface area contributed by atoms with Crippen LogP contribution in [0.2, 0.25) is 5.02 Å². The third-order valence-electron chi connectivity index (χ3n) is 4.35. The van der Waals surface area contributed by atoms with Gasteiger partial charge >= 0.3 is 0 Å². The Hall–Kier alpha value is -0.570. The maximum Gasteiger partial charge on any atom is 0.0408 e. The van der Waals surface area contributed by atoms with Gasteiger partial charge in [0.2, 0.25) is 0 Å². The fraction of sp³-hybridized carbons (Fsp3) is 0.625. The lowest BCUT2D eigenvalue weighted by Gasteiger charge is -2.46. The molecule has 0 N–H and O–H groups in total. The highest BCUT2D eigenvalue weighted by Crippen LogP contribution is 2.24. The highest BCUT2D eigenvalue weighted by atomic mass is 35.5. The van der Waals surface area contributed by atoms with Crippen LogP contribution in [0.25, 0.3) is 0 Å². The summed E-state index contributed by atoms with van der Waals surface area (Å²) >= 11 is 6.08. The quantitative estimate of drug-likeness (QED) is 0.837. The number of hydrogen-bond acceptors (Lipinski definition) is 2. The Kier molecular flexibility index (Phi) is 4.54. The lowest BCUT2D eigenvalue weighted by molar-refractivity contribution is 0.0377. The Bertz CT molecular complexity index is 431. The van der Waals surface area contributed by atoms with Crippen molar-refractivity contribution in [3.63, 3.8) is 0 Å². The number of benzene rings is 1. The van der Waals surface area contributed by atoms with E-state index in [-0.39, 0.29) is 5.54 Å². The zero-order valence-corrected chi connectivity index (χ0v) is 13.2. The molecule has 1 aromatic carbocycles. The summed E-state index contributed by atoms with van der Waals surface area (Å²) in [4.78, 5) is 5.03. The van der Waals surface area contributed by atoms with Crippen LogP contribution in [0.5, 0.6) is 0 Å². The van der Waals surface area contributed by atoms with E-state index in [1.165, 1.54) is 5.56 Å². The van der Waals surface area contributed by atoms with Crippen molar-refractivity contribution < 1.29 is 0 Å². The summed E-state index contributed by atoms with van der Waals surface area (Å²) in [6, 6.07) is 8.25. The molecule has 0 amide bonds. The van der Waals surface area contributed by atoms with Crippen LogP contribution in [0, 0.1) is 0 Å². The summed E-state index contributed by atoms with van der Waals surface area (Å²) in [7, 11) is 2.22. The molecule has 1 aromatic rings. The maximum absolute atomic E-state index is 6.08. The van der Waals surface area contributed by atoms with Crippen LogP contribution in [0.15, 0.2) is 24.3 Å². The normalized spacial score (nSPS) is 22.4. The van der Waals surface area contributed by atoms with Crippen LogP contribution in [0.3, 0.4) is 0 Å².